The Morgan fingerprint density at radius 3 is 3.17 bits per heavy atom. The lowest BCUT2D eigenvalue weighted by Gasteiger charge is -2.13. The Bertz CT molecular complexity index is 550. The van der Waals surface area contributed by atoms with Crippen molar-refractivity contribution in [2.24, 2.45) is 0 Å². The molecule has 0 radical (unpaired) electrons. The SMILES string of the molecule is Nc1cccc2c(OCC3CCCO3)ccnc12. The second-order valence-corrected chi connectivity index (χ2v) is 4.50. The zero-order chi connectivity index (χ0) is 12.4. The number of para-hydroxylation sites is 1. The molecule has 3 rings (SSSR count). The number of nitrogens with zero attached hydrogens (tertiary/aromatic N) is 1. The average molecular weight is 244 g/mol. The number of rotatable bonds is 3. The molecule has 0 amide bonds. The molecule has 1 aliphatic heterocycles. The van der Waals surface area contributed by atoms with Gasteiger partial charge in [0.2, 0.25) is 0 Å². The van der Waals surface area contributed by atoms with E-state index in [0.717, 1.165) is 36.1 Å². The highest BCUT2D eigenvalue weighted by molar-refractivity contribution is 5.93. The number of nitrogens with two attached hydrogens (primary N) is 1. The van der Waals surface area contributed by atoms with E-state index in [9.17, 15) is 0 Å². The largest absolute Gasteiger partial charge is 0.490 e. The van der Waals surface area contributed by atoms with Crippen molar-refractivity contribution >= 4 is 16.6 Å². The maximum absolute atomic E-state index is 5.90. The zero-order valence-corrected chi connectivity index (χ0v) is 10.1. The molecule has 1 aromatic carbocycles. The number of hydrogen-bond donors (Lipinski definition) is 1. The minimum Gasteiger partial charge on any atom is -0.490 e. The second kappa shape index (κ2) is 4.82. The van der Waals surface area contributed by atoms with Gasteiger partial charge < -0.3 is 15.2 Å². The fourth-order valence-corrected chi connectivity index (χ4v) is 2.26. The molecule has 1 fully saturated rings. The standard InChI is InChI=1S/C14H16N2O2/c15-12-5-1-4-11-13(6-7-16-14(11)12)18-9-10-3-2-8-17-10/h1,4-7,10H,2-3,8-9,15H2. The van der Waals surface area contributed by atoms with E-state index in [2.05, 4.69) is 4.98 Å². The van der Waals surface area contributed by atoms with Crippen molar-refractivity contribution in [1.29, 1.82) is 0 Å². The van der Waals surface area contributed by atoms with E-state index in [4.69, 9.17) is 15.2 Å². The van der Waals surface area contributed by atoms with E-state index in [1.165, 1.54) is 0 Å². The molecule has 4 nitrogen and oxygen atoms in total. The van der Waals surface area contributed by atoms with Gasteiger partial charge >= 0.3 is 0 Å². The summed E-state index contributed by atoms with van der Waals surface area (Å²) in [6, 6.07) is 7.61. The number of ether oxygens (including phenoxy) is 2. The quantitative estimate of drug-likeness (QED) is 0.842. The van der Waals surface area contributed by atoms with Crippen molar-refractivity contribution < 1.29 is 9.47 Å². The Morgan fingerprint density at radius 2 is 2.33 bits per heavy atom. The van der Waals surface area contributed by atoms with Crippen LogP contribution in [0.2, 0.25) is 0 Å². The van der Waals surface area contributed by atoms with Crippen molar-refractivity contribution in [1.82, 2.24) is 4.98 Å². The molecule has 1 saturated heterocycles. The first kappa shape index (κ1) is 11.3. The summed E-state index contributed by atoms with van der Waals surface area (Å²) in [4.78, 5) is 4.28. The molecule has 1 unspecified atom stereocenters. The van der Waals surface area contributed by atoms with E-state index < -0.39 is 0 Å². The Kier molecular flexibility index (Phi) is 3.02. The second-order valence-electron chi connectivity index (χ2n) is 4.50. The molecule has 0 spiro atoms. The molecular weight excluding hydrogens is 228 g/mol. The Balaban J connectivity index is 1.85. The summed E-state index contributed by atoms with van der Waals surface area (Å²) in [5.41, 5.74) is 7.37. The number of benzene rings is 1. The lowest BCUT2D eigenvalue weighted by Crippen LogP contribution is -2.16. The minimum absolute atomic E-state index is 0.217. The molecule has 1 atom stereocenters. The normalized spacial score (nSPS) is 19.2. The monoisotopic (exact) mass is 244 g/mol. The third-order valence-corrected chi connectivity index (χ3v) is 3.21. The van der Waals surface area contributed by atoms with Crippen LogP contribution in [0.5, 0.6) is 5.75 Å². The lowest BCUT2D eigenvalue weighted by molar-refractivity contribution is 0.0685. The van der Waals surface area contributed by atoms with Crippen LogP contribution < -0.4 is 10.5 Å². The number of hydrogen-bond acceptors (Lipinski definition) is 4. The fourth-order valence-electron chi connectivity index (χ4n) is 2.26. The third kappa shape index (κ3) is 2.11. The molecule has 0 aliphatic carbocycles. The molecule has 2 N–H and O–H groups in total. The Hall–Kier alpha value is -1.81. The highest BCUT2D eigenvalue weighted by Crippen LogP contribution is 2.27. The topological polar surface area (TPSA) is 57.4 Å². The van der Waals surface area contributed by atoms with Gasteiger partial charge in [0.05, 0.1) is 17.3 Å². The number of fused-ring (bicyclic) bond motifs is 1. The van der Waals surface area contributed by atoms with Gasteiger partial charge in [0, 0.05) is 18.2 Å². The van der Waals surface area contributed by atoms with Crippen molar-refractivity contribution in [2.75, 3.05) is 18.9 Å². The van der Waals surface area contributed by atoms with Crippen LogP contribution in [0.25, 0.3) is 10.9 Å². The predicted molar refractivity (Wildman–Crippen MR) is 70.6 cm³/mol. The molecule has 4 heteroatoms. The predicted octanol–water partition coefficient (Wildman–Crippen LogP) is 2.37. The first-order valence-electron chi connectivity index (χ1n) is 6.22. The summed E-state index contributed by atoms with van der Waals surface area (Å²) < 4.78 is 11.4. The Labute approximate surface area is 106 Å². The van der Waals surface area contributed by atoms with Crippen LogP contribution in [0, 0.1) is 0 Å². The van der Waals surface area contributed by atoms with Crippen LogP contribution in [0.4, 0.5) is 5.69 Å². The van der Waals surface area contributed by atoms with Crippen LogP contribution >= 0.6 is 0 Å². The van der Waals surface area contributed by atoms with Gasteiger partial charge in [-0.1, -0.05) is 6.07 Å². The molecule has 1 aromatic heterocycles. The fraction of sp³-hybridized carbons (Fsp3) is 0.357. The molecule has 0 saturated carbocycles. The van der Waals surface area contributed by atoms with Gasteiger partial charge in [-0.15, -0.1) is 0 Å². The van der Waals surface area contributed by atoms with Gasteiger partial charge in [-0.3, -0.25) is 4.98 Å². The maximum Gasteiger partial charge on any atom is 0.130 e. The van der Waals surface area contributed by atoms with E-state index in [0.29, 0.717) is 12.3 Å². The van der Waals surface area contributed by atoms with E-state index in [1.54, 1.807) is 6.20 Å². The van der Waals surface area contributed by atoms with Gasteiger partial charge in [0.15, 0.2) is 0 Å². The van der Waals surface area contributed by atoms with Crippen LogP contribution in [-0.2, 0) is 4.74 Å². The number of pyridine rings is 1. The number of nitrogen functional groups attached to an aromatic ring is 1. The van der Waals surface area contributed by atoms with Crippen LogP contribution in [-0.4, -0.2) is 24.3 Å². The summed E-state index contributed by atoms with van der Waals surface area (Å²) in [7, 11) is 0. The van der Waals surface area contributed by atoms with Crippen molar-refractivity contribution in [3.8, 4) is 5.75 Å². The average Bonchev–Trinajstić information content (AvgIpc) is 2.90. The molecule has 0 bridgehead atoms. The molecule has 94 valence electrons. The van der Waals surface area contributed by atoms with E-state index in [-0.39, 0.29) is 6.10 Å². The van der Waals surface area contributed by atoms with Gasteiger partial charge in [-0.25, -0.2) is 0 Å². The summed E-state index contributed by atoms with van der Waals surface area (Å²) in [5, 5.41) is 0.954. The zero-order valence-electron chi connectivity index (χ0n) is 10.1. The first-order chi connectivity index (χ1) is 8.84. The highest BCUT2D eigenvalue weighted by Gasteiger charge is 2.16. The summed E-state index contributed by atoms with van der Waals surface area (Å²) in [6.07, 6.45) is 4.14. The Morgan fingerprint density at radius 1 is 1.39 bits per heavy atom. The summed E-state index contributed by atoms with van der Waals surface area (Å²) in [5.74, 6) is 0.822. The minimum atomic E-state index is 0.217. The van der Waals surface area contributed by atoms with Gasteiger partial charge in [-0.2, -0.15) is 0 Å². The molecule has 18 heavy (non-hydrogen) atoms. The van der Waals surface area contributed by atoms with Gasteiger partial charge in [0.1, 0.15) is 12.4 Å². The van der Waals surface area contributed by atoms with Crippen molar-refractivity contribution in [2.45, 2.75) is 18.9 Å². The van der Waals surface area contributed by atoms with Crippen LogP contribution in [0.3, 0.4) is 0 Å². The van der Waals surface area contributed by atoms with Crippen LogP contribution in [0.1, 0.15) is 12.8 Å². The lowest BCUT2D eigenvalue weighted by atomic mass is 10.2. The van der Waals surface area contributed by atoms with Gasteiger partial charge in [-0.05, 0) is 31.0 Å². The third-order valence-electron chi connectivity index (χ3n) is 3.21. The van der Waals surface area contributed by atoms with Crippen LogP contribution in [0.15, 0.2) is 30.5 Å². The first-order valence-corrected chi connectivity index (χ1v) is 6.22. The van der Waals surface area contributed by atoms with Gasteiger partial charge in [0.25, 0.3) is 0 Å². The van der Waals surface area contributed by atoms with Crippen molar-refractivity contribution in [3.05, 3.63) is 30.5 Å². The summed E-state index contributed by atoms with van der Waals surface area (Å²) in [6.45, 7) is 1.44. The molecule has 2 aromatic rings. The summed E-state index contributed by atoms with van der Waals surface area (Å²) >= 11 is 0. The molecular formula is C14H16N2O2. The highest BCUT2D eigenvalue weighted by atomic mass is 16.5. The maximum atomic E-state index is 5.90. The number of aromatic nitrogens is 1. The smallest absolute Gasteiger partial charge is 0.130 e. The van der Waals surface area contributed by atoms with Crippen molar-refractivity contribution in [3.63, 3.8) is 0 Å². The molecule has 1 aliphatic rings. The molecule has 2 heterocycles. The van der Waals surface area contributed by atoms with E-state index in [1.807, 2.05) is 24.3 Å². The number of anilines is 1. The van der Waals surface area contributed by atoms with E-state index >= 15 is 0 Å².